The fourth-order valence-electron chi connectivity index (χ4n) is 7.54. The fourth-order valence-corrected chi connectivity index (χ4v) is 8.21. The van der Waals surface area contributed by atoms with Crippen LogP contribution < -0.4 is 0 Å². The Labute approximate surface area is 253 Å². The van der Waals surface area contributed by atoms with Crippen LogP contribution in [0.25, 0.3) is 0 Å². The predicted octanol–water partition coefficient (Wildman–Crippen LogP) is 1.98. The van der Waals surface area contributed by atoms with E-state index in [4.69, 9.17) is 51.6 Å². The van der Waals surface area contributed by atoms with E-state index in [1.165, 1.54) is 13.8 Å². The molecule has 1 spiro atoms. The van der Waals surface area contributed by atoms with E-state index < -0.39 is 106 Å². The van der Waals surface area contributed by atoms with E-state index in [9.17, 15) is 29.1 Å². The van der Waals surface area contributed by atoms with Gasteiger partial charge >= 0.3 is 29.8 Å². The van der Waals surface area contributed by atoms with Crippen molar-refractivity contribution in [1.29, 1.82) is 0 Å². The number of hydrogen-bond acceptors (Lipinski definition) is 12. The Morgan fingerprint density at radius 1 is 1.00 bits per heavy atom. The number of ether oxygens (including phenoxy) is 6. The van der Waals surface area contributed by atoms with Crippen LogP contribution in [-0.4, -0.2) is 94.0 Å². The van der Waals surface area contributed by atoms with E-state index in [-0.39, 0.29) is 18.4 Å². The van der Waals surface area contributed by atoms with E-state index >= 15 is 0 Å². The number of esters is 5. The zero-order chi connectivity index (χ0) is 31.5. The molecule has 12 atom stereocenters. The number of hydrogen-bond donors (Lipinski definition) is 1. The van der Waals surface area contributed by atoms with Gasteiger partial charge in [0.05, 0.1) is 28.2 Å². The van der Waals surface area contributed by atoms with Crippen molar-refractivity contribution in [2.45, 2.75) is 108 Å². The zero-order valence-electron chi connectivity index (χ0n) is 24.2. The van der Waals surface area contributed by atoms with Crippen molar-refractivity contribution in [2.75, 3.05) is 5.88 Å². The molecule has 42 heavy (non-hydrogen) atoms. The topological polar surface area (TPSA) is 161 Å². The molecule has 14 heteroatoms. The van der Waals surface area contributed by atoms with Crippen LogP contribution in [0.4, 0.5) is 0 Å². The van der Waals surface area contributed by atoms with Crippen LogP contribution in [0.15, 0.2) is 12.2 Å². The highest BCUT2D eigenvalue weighted by molar-refractivity contribution is 6.23. The Kier molecular flexibility index (Phi) is 8.71. The Morgan fingerprint density at radius 2 is 1.55 bits per heavy atom. The molecule has 12 unspecified atom stereocenters. The molecule has 0 aromatic rings. The monoisotopic (exact) mass is 634 g/mol. The van der Waals surface area contributed by atoms with Crippen LogP contribution in [0.2, 0.25) is 0 Å². The number of rotatable bonds is 5. The first-order chi connectivity index (χ1) is 19.4. The molecule has 3 aliphatic heterocycles. The van der Waals surface area contributed by atoms with Crippen molar-refractivity contribution < 1.29 is 57.5 Å². The first-order valence-electron chi connectivity index (χ1n) is 13.6. The number of fused-ring (bicyclic) bond motifs is 2. The molecular weight excluding hydrogens is 599 g/mol. The van der Waals surface area contributed by atoms with Crippen molar-refractivity contribution in [3.8, 4) is 0 Å². The van der Waals surface area contributed by atoms with E-state index in [2.05, 4.69) is 6.58 Å². The third-order valence-corrected chi connectivity index (χ3v) is 10.2. The normalized spacial score (nSPS) is 44.4. The molecule has 1 saturated carbocycles. The van der Waals surface area contributed by atoms with Crippen molar-refractivity contribution in [3.05, 3.63) is 12.2 Å². The average molecular weight is 635 g/mol. The Morgan fingerprint density at radius 3 is 2.07 bits per heavy atom. The van der Waals surface area contributed by atoms with Crippen molar-refractivity contribution in [2.24, 2.45) is 17.3 Å². The van der Waals surface area contributed by atoms with E-state index in [0.717, 1.165) is 20.8 Å². The smallest absolute Gasteiger partial charge is 0.312 e. The summed E-state index contributed by atoms with van der Waals surface area (Å²) in [7, 11) is 0. The first-order valence-corrected chi connectivity index (χ1v) is 14.6. The lowest BCUT2D eigenvalue weighted by molar-refractivity contribution is -0.322. The Balaban J connectivity index is 2.16. The minimum Gasteiger partial charge on any atom is -0.462 e. The van der Waals surface area contributed by atoms with Crippen LogP contribution >= 0.6 is 23.2 Å². The van der Waals surface area contributed by atoms with Gasteiger partial charge in [-0.25, -0.2) is 0 Å². The lowest BCUT2D eigenvalue weighted by Crippen LogP contribution is -2.78. The second-order valence-corrected chi connectivity index (χ2v) is 12.5. The molecule has 3 heterocycles. The molecule has 0 aromatic heterocycles. The highest BCUT2D eigenvalue weighted by Gasteiger charge is 2.78. The third-order valence-electron chi connectivity index (χ3n) is 9.20. The summed E-state index contributed by atoms with van der Waals surface area (Å²) in [5, 5.41) is 11.1. The molecule has 4 aliphatic rings. The highest BCUT2D eigenvalue weighted by atomic mass is 35.5. The molecule has 3 saturated heterocycles. The summed E-state index contributed by atoms with van der Waals surface area (Å²) in [6, 6.07) is 0. The molecule has 0 aromatic carbocycles. The second kappa shape index (κ2) is 11.3. The van der Waals surface area contributed by atoms with Crippen LogP contribution in [-0.2, 0) is 52.4 Å². The number of aliphatic hydroxyl groups is 1. The summed E-state index contributed by atoms with van der Waals surface area (Å²) in [5.74, 6) is -6.69. The molecular formula is C28H36Cl2O12. The van der Waals surface area contributed by atoms with Gasteiger partial charge in [0, 0.05) is 33.6 Å². The molecule has 1 aliphatic carbocycles. The number of carbonyl (C=O) groups is 5. The van der Waals surface area contributed by atoms with Crippen molar-refractivity contribution in [1.82, 2.24) is 0 Å². The molecule has 4 fully saturated rings. The van der Waals surface area contributed by atoms with Gasteiger partial charge in [-0.3, -0.25) is 24.0 Å². The molecule has 12 nitrogen and oxygen atoms in total. The third kappa shape index (κ3) is 4.88. The fraction of sp³-hybridized carbons (Fsp3) is 0.750. The van der Waals surface area contributed by atoms with Crippen molar-refractivity contribution >= 4 is 53.0 Å². The minimum absolute atomic E-state index is 0.0408. The van der Waals surface area contributed by atoms with Gasteiger partial charge in [-0.1, -0.05) is 13.5 Å². The van der Waals surface area contributed by atoms with Gasteiger partial charge in [0.25, 0.3) is 0 Å². The average Bonchev–Trinajstić information content (AvgIpc) is 3.14. The summed E-state index contributed by atoms with van der Waals surface area (Å²) in [6.45, 7) is 11.7. The standard InChI is InChI=1S/C28H36Cl2O12/c1-11-18(30)22-28(12(2)25(35)41-22)24(40-16(6)34)21-26(7,17(37-13(3)31)8-9-27(21,36)10-29)23(39-15(5)33)20(19(11)42-28)38-14(4)32/h12,17-24,36H,1,8-10H2,2-7H3. The van der Waals surface area contributed by atoms with Crippen LogP contribution in [0, 0.1) is 17.3 Å². The van der Waals surface area contributed by atoms with Gasteiger partial charge in [-0.15, -0.1) is 23.2 Å². The van der Waals surface area contributed by atoms with Gasteiger partial charge in [0.15, 0.2) is 23.9 Å². The largest absolute Gasteiger partial charge is 0.462 e. The maximum Gasteiger partial charge on any atom is 0.312 e. The van der Waals surface area contributed by atoms with E-state index in [1.807, 2.05) is 0 Å². The molecule has 0 amide bonds. The van der Waals surface area contributed by atoms with E-state index in [1.54, 1.807) is 6.92 Å². The Bertz CT molecular complexity index is 1190. The molecule has 234 valence electrons. The number of halogens is 2. The Hall–Kier alpha value is -2.41. The summed E-state index contributed by atoms with van der Waals surface area (Å²) in [5.41, 5.74) is -5.29. The van der Waals surface area contributed by atoms with Crippen LogP contribution in [0.1, 0.15) is 54.4 Å². The number of carbonyl (C=O) groups excluding carboxylic acids is 5. The van der Waals surface area contributed by atoms with Crippen molar-refractivity contribution in [3.63, 3.8) is 0 Å². The van der Waals surface area contributed by atoms with Gasteiger partial charge in [0.1, 0.15) is 18.3 Å². The minimum atomic E-state index is -1.89. The van der Waals surface area contributed by atoms with Crippen LogP contribution in [0.3, 0.4) is 0 Å². The maximum atomic E-state index is 13.2. The lowest BCUT2D eigenvalue weighted by atomic mass is 9.50. The van der Waals surface area contributed by atoms with Crippen LogP contribution in [0.5, 0.6) is 0 Å². The molecule has 4 rings (SSSR count). The summed E-state index contributed by atoms with van der Waals surface area (Å²) < 4.78 is 35.8. The molecule has 0 radical (unpaired) electrons. The highest BCUT2D eigenvalue weighted by Crippen LogP contribution is 2.62. The van der Waals surface area contributed by atoms with Gasteiger partial charge in [-0.05, 0) is 25.3 Å². The predicted molar refractivity (Wildman–Crippen MR) is 144 cm³/mol. The SMILES string of the molecule is C=C1C(Cl)C2OC(=O)C(C)C23OC1C(OC(C)=O)C(OC(C)=O)C1(C)C(OC(C)=O)CCC(O)(CCl)C1C3OC(C)=O. The van der Waals surface area contributed by atoms with Gasteiger partial charge < -0.3 is 33.5 Å². The summed E-state index contributed by atoms with van der Waals surface area (Å²) in [4.78, 5) is 63.7. The lowest BCUT2D eigenvalue weighted by Gasteiger charge is -2.64. The zero-order valence-corrected chi connectivity index (χ0v) is 25.7. The molecule has 2 bridgehead atoms. The maximum absolute atomic E-state index is 13.2. The first kappa shape index (κ1) is 32.5. The molecule has 1 N–H and O–H groups in total. The number of alkyl halides is 2. The van der Waals surface area contributed by atoms with E-state index in [0.29, 0.717) is 0 Å². The van der Waals surface area contributed by atoms with Gasteiger partial charge in [0.2, 0.25) is 0 Å². The summed E-state index contributed by atoms with van der Waals surface area (Å²) in [6.07, 6.45) is -8.19. The summed E-state index contributed by atoms with van der Waals surface area (Å²) >= 11 is 13.3. The van der Waals surface area contributed by atoms with Gasteiger partial charge in [-0.2, -0.15) is 0 Å². The quantitative estimate of drug-likeness (QED) is 0.203. The second-order valence-electron chi connectivity index (χ2n) is 11.8.